The van der Waals surface area contributed by atoms with Gasteiger partial charge in [0.15, 0.2) is 5.78 Å². The fourth-order valence-electron chi connectivity index (χ4n) is 1.58. The molecular formula is C13H14N2OS. The van der Waals surface area contributed by atoms with Gasteiger partial charge in [-0.3, -0.25) is 9.48 Å². The lowest BCUT2D eigenvalue weighted by molar-refractivity contribution is 0.101. The van der Waals surface area contributed by atoms with E-state index in [1.54, 1.807) is 35.8 Å². The van der Waals surface area contributed by atoms with Crippen LogP contribution in [0.15, 0.2) is 41.4 Å². The van der Waals surface area contributed by atoms with Crippen LogP contribution in [0.1, 0.15) is 16.1 Å². The standard InChI is InChI=1S/C13H14N2OS/c1-10-4-3-5-11(8-10)17-9-13(16)12-6-7-14-15(12)2/h3-8H,9H2,1-2H3. The summed E-state index contributed by atoms with van der Waals surface area (Å²) in [5.74, 6) is 0.555. The first-order valence-corrected chi connectivity index (χ1v) is 6.36. The molecule has 2 aromatic rings. The van der Waals surface area contributed by atoms with Crippen LogP contribution >= 0.6 is 11.8 Å². The molecule has 0 spiro atoms. The molecule has 0 aliphatic rings. The molecule has 0 atom stereocenters. The minimum atomic E-state index is 0.108. The van der Waals surface area contributed by atoms with E-state index in [2.05, 4.69) is 11.2 Å². The smallest absolute Gasteiger partial charge is 0.191 e. The summed E-state index contributed by atoms with van der Waals surface area (Å²) >= 11 is 1.56. The van der Waals surface area contributed by atoms with Gasteiger partial charge in [0.2, 0.25) is 0 Å². The van der Waals surface area contributed by atoms with Crippen LogP contribution < -0.4 is 0 Å². The average Bonchev–Trinajstić information content (AvgIpc) is 2.72. The average molecular weight is 246 g/mol. The molecule has 1 heterocycles. The van der Waals surface area contributed by atoms with Gasteiger partial charge in [-0.05, 0) is 25.1 Å². The largest absolute Gasteiger partial charge is 0.292 e. The number of hydrogen-bond acceptors (Lipinski definition) is 3. The molecule has 0 N–H and O–H groups in total. The summed E-state index contributed by atoms with van der Waals surface area (Å²) in [6.07, 6.45) is 1.64. The maximum Gasteiger partial charge on any atom is 0.191 e. The van der Waals surface area contributed by atoms with Gasteiger partial charge in [0.1, 0.15) is 5.69 Å². The van der Waals surface area contributed by atoms with Gasteiger partial charge in [0.05, 0.1) is 5.75 Å². The molecule has 0 radical (unpaired) electrons. The number of hydrogen-bond donors (Lipinski definition) is 0. The van der Waals surface area contributed by atoms with E-state index in [1.165, 1.54) is 5.56 Å². The third-order valence-corrected chi connectivity index (χ3v) is 3.46. The Bertz CT molecular complexity index is 534. The molecule has 0 saturated heterocycles. The molecule has 3 nitrogen and oxygen atoms in total. The highest BCUT2D eigenvalue weighted by atomic mass is 32.2. The first-order chi connectivity index (χ1) is 8.16. The highest BCUT2D eigenvalue weighted by Crippen LogP contribution is 2.19. The van der Waals surface area contributed by atoms with Crippen LogP contribution in [-0.4, -0.2) is 21.3 Å². The number of carbonyl (C=O) groups is 1. The van der Waals surface area contributed by atoms with Gasteiger partial charge in [-0.1, -0.05) is 17.7 Å². The molecule has 0 aliphatic heterocycles. The van der Waals surface area contributed by atoms with Crippen LogP contribution in [0, 0.1) is 6.92 Å². The van der Waals surface area contributed by atoms with Gasteiger partial charge in [-0.25, -0.2) is 0 Å². The quantitative estimate of drug-likeness (QED) is 0.614. The Morgan fingerprint density at radius 1 is 1.41 bits per heavy atom. The predicted molar refractivity (Wildman–Crippen MR) is 69.4 cm³/mol. The Hall–Kier alpha value is -1.55. The summed E-state index contributed by atoms with van der Waals surface area (Å²) in [7, 11) is 1.78. The molecule has 0 bridgehead atoms. The number of ketones is 1. The third-order valence-electron chi connectivity index (χ3n) is 2.47. The molecule has 1 aromatic carbocycles. The summed E-state index contributed by atoms with van der Waals surface area (Å²) < 4.78 is 1.61. The van der Waals surface area contributed by atoms with Crippen molar-refractivity contribution in [2.75, 3.05) is 5.75 Å². The number of Topliss-reactive ketones (excluding diaryl/α,β-unsaturated/α-hetero) is 1. The van der Waals surface area contributed by atoms with Crippen molar-refractivity contribution >= 4 is 17.5 Å². The van der Waals surface area contributed by atoms with Crippen LogP contribution in [0.2, 0.25) is 0 Å². The zero-order chi connectivity index (χ0) is 12.3. The lowest BCUT2D eigenvalue weighted by Crippen LogP contribution is -2.08. The van der Waals surface area contributed by atoms with E-state index in [0.29, 0.717) is 11.4 Å². The number of nitrogens with zero attached hydrogens (tertiary/aromatic N) is 2. The second kappa shape index (κ2) is 5.19. The molecule has 4 heteroatoms. The van der Waals surface area contributed by atoms with Gasteiger partial charge < -0.3 is 0 Å². The number of rotatable bonds is 4. The number of carbonyl (C=O) groups excluding carboxylic acids is 1. The second-order valence-electron chi connectivity index (χ2n) is 3.87. The molecule has 17 heavy (non-hydrogen) atoms. The van der Waals surface area contributed by atoms with Crippen LogP contribution in [0.25, 0.3) is 0 Å². The maximum atomic E-state index is 11.9. The van der Waals surface area contributed by atoms with Crippen molar-refractivity contribution in [3.8, 4) is 0 Å². The van der Waals surface area contributed by atoms with E-state index in [0.717, 1.165) is 4.90 Å². The zero-order valence-electron chi connectivity index (χ0n) is 9.88. The number of aromatic nitrogens is 2. The molecule has 2 rings (SSSR count). The van der Waals surface area contributed by atoms with Crippen molar-refractivity contribution in [3.05, 3.63) is 47.8 Å². The van der Waals surface area contributed by atoms with Gasteiger partial charge in [-0.2, -0.15) is 5.10 Å². The van der Waals surface area contributed by atoms with E-state index in [4.69, 9.17) is 0 Å². The third kappa shape index (κ3) is 2.97. The lowest BCUT2D eigenvalue weighted by Gasteiger charge is -2.02. The second-order valence-corrected chi connectivity index (χ2v) is 4.92. The van der Waals surface area contributed by atoms with Gasteiger partial charge in [-0.15, -0.1) is 11.8 Å². The summed E-state index contributed by atoms with van der Waals surface area (Å²) in [4.78, 5) is 13.0. The summed E-state index contributed by atoms with van der Waals surface area (Å²) in [6.45, 7) is 2.05. The van der Waals surface area contributed by atoms with Crippen LogP contribution in [0.4, 0.5) is 0 Å². The summed E-state index contributed by atoms with van der Waals surface area (Å²) in [5, 5.41) is 3.99. The fourth-order valence-corrected chi connectivity index (χ4v) is 2.47. The fraction of sp³-hybridized carbons (Fsp3) is 0.231. The zero-order valence-corrected chi connectivity index (χ0v) is 10.7. The number of aryl methyl sites for hydroxylation is 2. The van der Waals surface area contributed by atoms with E-state index >= 15 is 0 Å². The Kier molecular flexibility index (Phi) is 3.64. The normalized spacial score (nSPS) is 10.5. The van der Waals surface area contributed by atoms with E-state index in [1.807, 2.05) is 25.1 Å². The Labute approximate surface area is 105 Å². The van der Waals surface area contributed by atoms with E-state index in [-0.39, 0.29) is 5.78 Å². The highest BCUT2D eigenvalue weighted by Gasteiger charge is 2.10. The van der Waals surface area contributed by atoms with Gasteiger partial charge >= 0.3 is 0 Å². The predicted octanol–water partition coefficient (Wildman–Crippen LogP) is 2.70. The van der Waals surface area contributed by atoms with Gasteiger partial charge in [0, 0.05) is 18.1 Å². The molecule has 88 valence electrons. The van der Waals surface area contributed by atoms with Gasteiger partial charge in [0.25, 0.3) is 0 Å². The molecular weight excluding hydrogens is 232 g/mol. The summed E-state index contributed by atoms with van der Waals surface area (Å²) in [5.41, 5.74) is 1.87. The first kappa shape index (κ1) is 11.9. The Balaban J connectivity index is 1.99. The minimum absolute atomic E-state index is 0.108. The number of thioether (sulfide) groups is 1. The van der Waals surface area contributed by atoms with E-state index < -0.39 is 0 Å². The monoisotopic (exact) mass is 246 g/mol. The van der Waals surface area contributed by atoms with Crippen LogP contribution in [-0.2, 0) is 7.05 Å². The van der Waals surface area contributed by atoms with Crippen LogP contribution in [0.5, 0.6) is 0 Å². The maximum absolute atomic E-state index is 11.9. The summed E-state index contributed by atoms with van der Waals surface area (Å²) in [6, 6.07) is 9.91. The van der Waals surface area contributed by atoms with Crippen molar-refractivity contribution in [1.82, 2.24) is 9.78 Å². The van der Waals surface area contributed by atoms with E-state index in [9.17, 15) is 4.79 Å². The first-order valence-electron chi connectivity index (χ1n) is 5.37. The highest BCUT2D eigenvalue weighted by molar-refractivity contribution is 8.00. The molecule has 0 aliphatic carbocycles. The van der Waals surface area contributed by atoms with Crippen LogP contribution in [0.3, 0.4) is 0 Å². The number of benzene rings is 1. The van der Waals surface area contributed by atoms with Crippen molar-refractivity contribution < 1.29 is 4.79 Å². The topological polar surface area (TPSA) is 34.9 Å². The molecule has 0 fully saturated rings. The molecule has 0 unspecified atom stereocenters. The molecule has 0 amide bonds. The van der Waals surface area contributed by atoms with Crippen molar-refractivity contribution in [2.45, 2.75) is 11.8 Å². The minimum Gasteiger partial charge on any atom is -0.292 e. The molecule has 1 aromatic heterocycles. The molecule has 0 saturated carbocycles. The Morgan fingerprint density at radius 3 is 2.88 bits per heavy atom. The lowest BCUT2D eigenvalue weighted by atomic mass is 10.2. The van der Waals surface area contributed by atoms with Crippen molar-refractivity contribution in [3.63, 3.8) is 0 Å². The SMILES string of the molecule is Cc1cccc(SCC(=O)c2ccnn2C)c1. The van der Waals surface area contributed by atoms with Crippen molar-refractivity contribution in [2.24, 2.45) is 7.05 Å². The van der Waals surface area contributed by atoms with Crippen molar-refractivity contribution in [1.29, 1.82) is 0 Å². The Morgan fingerprint density at radius 2 is 2.24 bits per heavy atom.